The molecular weight excluding hydrogens is 294 g/mol. The lowest BCUT2D eigenvalue weighted by atomic mass is 10.1. The third kappa shape index (κ3) is 5.00. The van der Waals surface area contributed by atoms with Gasteiger partial charge in [-0.1, -0.05) is 24.3 Å². The lowest BCUT2D eigenvalue weighted by Crippen LogP contribution is -2.29. The maximum atomic E-state index is 11.9. The Kier molecular flexibility index (Phi) is 6.00. The van der Waals surface area contributed by atoms with Crippen LogP contribution in [0.2, 0.25) is 0 Å². The molecule has 0 aliphatic carbocycles. The van der Waals surface area contributed by atoms with Crippen molar-refractivity contribution in [2.24, 2.45) is 0 Å². The number of rotatable bonds is 7. The van der Waals surface area contributed by atoms with E-state index in [9.17, 15) is 9.90 Å². The number of hydrogen-bond donors (Lipinski definition) is 2. The monoisotopic (exact) mass is 315 g/mol. The molecule has 1 unspecified atom stereocenters. The Morgan fingerprint density at radius 3 is 2.04 bits per heavy atom. The molecule has 0 aliphatic heterocycles. The fourth-order valence-corrected chi connectivity index (χ4v) is 2.15. The normalized spacial score (nSPS) is 11.6. The molecular formula is C18H21NO4. The minimum absolute atomic E-state index is 0.136. The second kappa shape index (κ2) is 8.19. The highest BCUT2D eigenvalue weighted by Crippen LogP contribution is 2.17. The quantitative estimate of drug-likeness (QED) is 0.821. The Balaban J connectivity index is 1.82. The molecule has 0 aliphatic rings. The van der Waals surface area contributed by atoms with Gasteiger partial charge >= 0.3 is 0 Å². The molecule has 0 bridgehead atoms. The van der Waals surface area contributed by atoms with Crippen molar-refractivity contribution in [1.29, 1.82) is 0 Å². The van der Waals surface area contributed by atoms with Crippen LogP contribution in [0.1, 0.15) is 17.2 Å². The lowest BCUT2D eigenvalue weighted by molar-refractivity contribution is -0.120. The van der Waals surface area contributed by atoms with E-state index >= 15 is 0 Å². The van der Waals surface area contributed by atoms with Crippen molar-refractivity contribution >= 4 is 5.91 Å². The maximum Gasteiger partial charge on any atom is 0.224 e. The summed E-state index contributed by atoms with van der Waals surface area (Å²) < 4.78 is 10.1. The molecule has 0 saturated carbocycles. The van der Waals surface area contributed by atoms with Gasteiger partial charge in [0.15, 0.2) is 0 Å². The SMILES string of the molecule is COc1ccc(CC(=O)NCC(O)c2ccc(OC)cc2)cc1. The minimum atomic E-state index is -0.749. The van der Waals surface area contributed by atoms with Gasteiger partial charge in [0, 0.05) is 6.54 Å². The van der Waals surface area contributed by atoms with E-state index in [0.717, 1.165) is 22.6 Å². The Hall–Kier alpha value is -2.53. The molecule has 122 valence electrons. The van der Waals surface area contributed by atoms with Crippen molar-refractivity contribution in [3.05, 3.63) is 59.7 Å². The number of aliphatic hydroxyl groups is 1. The standard InChI is InChI=1S/C18H21NO4/c1-22-15-7-3-13(4-8-15)11-18(21)19-12-17(20)14-5-9-16(23-2)10-6-14/h3-10,17,20H,11-12H2,1-2H3,(H,19,21). The molecule has 2 aromatic carbocycles. The molecule has 0 aromatic heterocycles. The molecule has 23 heavy (non-hydrogen) atoms. The lowest BCUT2D eigenvalue weighted by Gasteiger charge is -2.13. The Bertz CT molecular complexity index is 622. The molecule has 2 N–H and O–H groups in total. The molecule has 0 fully saturated rings. The summed E-state index contributed by atoms with van der Waals surface area (Å²) in [5.74, 6) is 1.34. The zero-order chi connectivity index (χ0) is 16.7. The molecule has 0 spiro atoms. The summed E-state index contributed by atoms with van der Waals surface area (Å²) in [5.41, 5.74) is 1.62. The van der Waals surface area contributed by atoms with Crippen molar-refractivity contribution in [3.63, 3.8) is 0 Å². The first kappa shape index (κ1) is 16.8. The number of nitrogens with one attached hydrogen (secondary N) is 1. The molecule has 2 rings (SSSR count). The number of ether oxygens (including phenoxy) is 2. The van der Waals surface area contributed by atoms with Crippen LogP contribution in [0, 0.1) is 0 Å². The molecule has 0 heterocycles. The third-order valence-electron chi connectivity index (χ3n) is 3.52. The molecule has 5 heteroatoms. The molecule has 1 amide bonds. The van der Waals surface area contributed by atoms with Crippen LogP contribution in [0.3, 0.4) is 0 Å². The summed E-state index contributed by atoms with van der Waals surface area (Å²) in [5, 5.41) is 12.8. The number of carbonyl (C=O) groups excluding carboxylic acids is 1. The zero-order valence-electron chi connectivity index (χ0n) is 13.3. The van der Waals surface area contributed by atoms with E-state index in [4.69, 9.17) is 9.47 Å². The van der Waals surface area contributed by atoms with Crippen molar-refractivity contribution in [2.75, 3.05) is 20.8 Å². The number of carbonyl (C=O) groups is 1. The Labute approximate surface area is 135 Å². The van der Waals surface area contributed by atoms with E-state index in [2.05, 4.69) is 5.32 Å². The molecule has 2 aromatic rings. The maximum absolute atomic E-state index is 11.9. The molecule has 0 saturated heterocycles. The topological polar surface area (TPSA) is 67.8 Å². The van der Waals surface area contributed by atoms with Crippen molar-refractivity contribution in [2.45, 2.75) is 12.5 Å². The van der Waals surface area contributed by atoms with Crippen LogP contribution >= 0.6 is 0 Å². The number of aliphatic hydroxyl groups excluding tert-OH is 1. The summed E-state index contributed by atoms with van der Waals surface area (Å²) in [6.45, 7) is 0.168. The van der Waals surface area contributed by atoms with E-state index in [1.807, 2.05) is 24.3 Å². The molecule has 5 nitrogen and oxygen atoms in total. The summed E-state index contributed by atoms with van der Waals surface area (Å²) >= 11 is 0. The van der Waals surface area contributed by atoms with Crippen molar-refractivity contribution in [3.8, 4) is 11.5 Å². The highest BCUT2D eigenvalue weighted by Gasteiger charge is 2.10. The largest absolute Gasteiger partial charge is 0.497 e. The number of amides is 1. The number of methoxy groups -OCH3 is 2. The first-order valence-electron chi connectivity index (χ1n) is 7.34. The average molecular weight is 315 g/mol. The highest BCUT2D eigenvalue weighted by molar-refractivity contribution is 5.78. The van der Waals surface area contributed by atoms with Gasteiger partial charge in [0.05, 0.1) is 26.7 Å². The van der Waals surface area contributed by atoms with Gasteiger partial charge in [0.2, 0.25) is 5.91 Å². The first-order valence-corrected chi connectivity index (χ1v) is 7.34. The predicted molar refractivity (Wildman–Crippen MR) is 87.7 cm³/mol. The smallest absolute Gasteiger partial charge is 0.224 e. The fourth-order valence-electron chi connectivity index (χ4n) is 2.15. The first-order chi connectivity index (χ1) is 11.1. The Morgan fingerprint density at radius 1 is 1.00 bits per heavy atom. The van der Waals surface area contributed by atoms with Gasteiger partial charge in [-0.3, -0.25) is 4.79 Å². The fraction of sp³-hybridized carbons (Fsp3) is 0.278. The van der Waals surface area contributed by atoms with Crippen LogP contribution in [0.4, 0.5) is 0 Å². The van der Waals surface area contributed by atoms with E-state index < -0.39 is 6.10 Å². The summed E-state index contributed by atoms with van der Waals surface area (Å²) in [7, 11) is 3.19. The Morgan fingerprint density at radius 2 is 1.52 bits per heavy atom. The summed E-state index contributed by atoms with van der Waals surface area (Å²) in [4.78, 5) is 11.9. The summed E-state index contributed by atoms with van der Waals surface area (Å²) in [6.07, 6.45) is -0.486. The second-order valence-electron chi connectivity index (χ2n) is 5.12. The second-order valence-corrected chi connectivity index (χ2v) is 5.12. The van der Waals surface area contributed by atoms with Crippen LogP contribution < -0.4 is 14.8 Å². The number of benzene rings is 2. The van der Waals surface area contributed by atoms with Gasteiger partial charge in [-0.05, 0) is 35.4 Å². The van der Waals surface area contributed by atoms with Gasteiger partial charge in [-0.25, -0.2) is 0 Å². The van der Waals surface area contributed by atoms with E-state index in [1.165, 1.54) is 0 Å². The van der Waals surface area contributed by atoms with E-state index in [1.54, 1.807) is 38.5 Å². The van der Waals surface area contributed by atoms with Gasteiger partial charge in [-0.15, -0.1) is 0 Å². The number of hydrogen-bond acceptors (Lipinski definition) is 4. The van der Waals surface area contributed by atoms with E-state index in [0.29, 0.717) is 0 Å². The van der Waals surface area contributed by atoms with Crippen molar-refractivity contribution < 1.29 is 19.4 Å². The van der Waals surface area contributed by atoms with Crippen LogP contribution in [0.5, 0.6) is 11.5 Å². The molecule has 1 atom stereocenters. The van der Waals surface area contributed by atoms with Gasteiger partial charge in [0.25, 0.3) is 0 Å². The van der Waals surface area contributed by atoms with Crippen molar-refractivity contribution in [1.82, 2.24) is 5.32 Å². The molecule has 0 radical (unpaired) electrons. The van der Waals surface area contributed by atoms with Gasteiger partial charge in [-0.2, -0.15) is 0 Å². The third-order valence-corrected chi connectivity index (χ3v) is 3.52. The zero-order valence-corrected chi connectivity index (χ0v) is 13.3. The van der Waals surface area contributed by atoms with Crippen LogP contribution in [-0.2, 0) is 11.2 Å². The summed E-state index contributed by atoms with van der Waals surface area (Å²) in [6, 6.07) is 14.4. The van der Waals surface area contributed by atoms with Gasteiger partial charge < -0.3 is 19.9 Å². The van der Waals surface area contributed by atoms with Crippen LogP contribution in [0.25, 0.3) is 0 Å². The van der Waals surface area contributed by atoms with Crippen LogP contribution in [0.15, 0.2) is 48.5 Å². The van der Waals surface area contributed by atoms with Gasteiger partial charge in [0.1, 0.15) is 11.5 Å². The highest BCUT2D eigenvalue weighted by atomic mass is 16.5. The average Bonchev–Trinajstić information content (AvgIpc) is 2.60. The predicted octanol–water partition coefficient (Wildman–Crippen LogP) is 2.10. The minimum Gasteiger partial charge on any atom is -0.497 e. The van der Waals surface area contributed by atoms with Crippen LogP contribution in [-0.4, -0.2) is 31.8 Å². The van der Waals surface area contributed by atoms with E-state index in [-0.39, 0.29) is 18.9 Å².